The number of rotatable bonds is 5. The number of carbonyl (C=O) groups is 2. The van der Waals surface area contributed by atoms with Crippen LogP contribution >= 0.6 is 0 Å². The smallest absolute Gasteiger partial charge is 0.328 e. The third-order valence-electron chi connectivity index (χ3n) is 2.78. The summed E-state index contributed by atoms with van der Waals surface area (Å²) in [4.78, 5) is 22.5. The van der Waals surface area contributed by atoms with Crippen LogP contribution in [0.1, 0.15) is 21.7 Å². The Morgan fingerprint density at radius 1 is 1.43 bits per heavy atom. The summed E-state index contributed by atoms with van der Waals surface area (Å²) in [5.74, 6) is -0.652. The van der Waals surface area contributed by atoms with Gasteiger partial charge in [-0.15, -0.1) is 10.2 Å². The molecule has 1 aromatic heterocycles. The van der Waals surface area contributed by atoms with Crippen LogP contribution in [0.15, 0.2) is 36.7 Å². The number of hydrogen-bond acceptors (Lipinski definition) is 4. The minimum absolute atomic E-state index is 0.261. The van der Waals surface area contributed by atoms with Crippen LogP contribution in [-0.2, 0) is 18.4 Å². The van der Waals surface area contributed by atoms with Crippen LogP contribution in [0.2, 0.25) is 0 Å². The highest BCUT2D eigenvalue weighted by Crippen LogP contribution is 2.07. The van der Waals surface area contributed by atoms with Crippen LogP contribution in [-0.4, -0.2) is 31.7 Å². The van der Waals surface area contributed by atoms with E-state index in [2.05, 4.69) is 15.5 Å². The highest BCUT2D eigenvalue weighted by molar-refractivity contribution is 5.95. The van der Waals surface area contributed by atoms with Gasteiger partial charge >= 0.3 is 5.97 Å². The first-order valence-electron chi connectivity index (χ1n) is 6.18. The Balaban J connectivity index is 2.04. The lowest BCUT2D eigenvalue weighted by atomic mass is 10.1. The van der Waals surface area contributed by atoms with E-state index in [4.69, 9.17) is 5.11 Å². The van der Waals surface area contributed by atoms with Gasteiger partial charge in [-0.2, -0.15) is 0 Å². The largest absolute Gasteiger partial charge is 0.478 e. The van der Waals surface area contributed by atoms with E-state index in [-0.39, 0.29) is 12.5 Å². The number of carboxylic acids is 1. The number of nitrogens with zero attached hydrogens (tertiary/aromatic N) is 3. The van der Waals surface area contributed by atoms with Crippen LogP contribution in [0.4, 0.5) is 0 Å². The molecule has 0 aliphatic heterocycles. The van der Waals surface area contributed by atoms with Crippen molar-refractivity contribution in [3.8, 4) is 0 Å². The summed E-state index contributed by atoms with van der Waals surface area (Å²) < 4.78 is 1.71. The van der Waals surface area contributed by atoms with Crippen molar-refractivity contribution < 1.29 is 14.7 Å². The molecule has 0 saturated heterocycles. The van der Waals surface area contributed by atoms with Crippen molar-refractivity contribution in [2.45, 2.75) is 6.54 Å². The molecule has 0 spiro atoms. The summed E-state index contributed by atoms with van der Waals surface area (Å²) in [5.41, 5.74) is 1.09. The molecule has 2 N–H and O–H groups in total. The summed E-state index contributed by atoms with van der Waals surface area (Å²) in [6.45, 7) is 0.268. The monoisotopic (exact) mass is 286 g/mol. The predicted octanol–water partition coefficient (Wildman–Crippen LogP) is 0.843. The molecular weight excluding hydrogens is 272 g/mol. The normalized spacial score (nSPS) is 10.7. The molecule has 0 aliphatic carbocycles. The zero-order valence-electron chi connectivity index (χ0n) is 11.4. The summed E-state index contributed by atoms with van der Waals surface area (Å²) in [6, 6.07) is 6.69. The molecule has 108 valence electrons. The van der Waals surface area contributed by atoms with E-state index < -0.39 is 5.97 Å². The maximum Gasteiger partial charge on any atom is 0.328 e. The van der Waals surface area contributed by atoms with Crippen molar-refractivity contribution in [1.29, 1.82) is 0 Å². The fourth-order valence-corrected chi connectivity index (χ4v) is 1.68. The number of aliphatic carboxylic acids is 1. The minimum atomic E-state index is -1.04. The second kappa shape index (κ2) is 6.47. The van der Waals surface area contributed by atoms with E-state index in [1.807, 2.05) is 0 Å². The number of amides is 1. The van der Waals surface area contributed by atoms with Crippen molar-refractivity contribution in [3.05, 3.63) is 53.6 Å². The molecule has 7 heteroatoms. The molecule has 0 unspecified atom stereocenters. The van der Waals surface area contributed by atoms with Gasteiger partial charge in [0.2, 0.25) is 0 Å². The summed E-state index contributed by atoms with van der Waals surface area (Å²) in [6.07, 6.45) is 4.01. The van der Waals surface area contributed by atoms with E-state index in [0.717, 1.165) is 6.08 Å². The van der Waals surface area contributed by atoms with Crippen molar-refractivity contribution in [3.63, 3.8) is 0 Å². The lowest BCUT2D eigenvalue weighted by molar-refractivity contribution is -0.131. The van der Waals surface area contributed by atoms with Crippen molar-refractivity contribution in [2.24, 2.45) is 7.05 Å². The lowest BCUT2D eigenvalue weighted by Crippen LogP contribution is -2.24. The quantitative estimate of drug-likeness (QED) is 0.794. The van der Waals surface area contributed by atoms with E-state index >= 15 is 0 Å². The number of aryl methyl sites for hydroxylation is 1. The summed E-state index contributed by atoms with van der Waals surface area (Å²) >= 11 is 0. The maximum atomic E-state index is 12.0. The van der Waals surface area contributed by atoms with Gasteiger partial charge in [0.25, 0.3) is 5.91 Å². The molecule has 0 atom stereocenters. The van der Waals surface area contributed by atoms with Gasteiger partial charge in [0.05, 0.1) is 6.54 Å². The first kappa shape index (κ1) is 14.4. The molecule has 0 radical (unpaired) electrons. The van der Waals surface area contributed by atoms with E-state index in [0.29, 0.717) is 17.0 Å². The molecule has 1 aromatic carbocycles. The van der Waals surface area contributed by atoms with Gasteiger partial charge in [-0.05, 0) is 23.8 Å². The molecule has 0 fully saturated rings. The number of carbonyl (C=O) groups excluding carboxylic acids is 1. The lowest BCUT2D eigenvalue weighted by Gasteiger charge is -2.05. The Hall–Kier alpha value is -2.96. The Morgan fingerprint density at radius 3 is 2.90 bits per heavy atom. The van der Waals surface area contributed by atoms with Crippen LogP contribution in [0.25, 0.3) is 6.08 Å². The molecule has 0 saturated carbocycles. The third kappa shape index (κ3) is 4.00. The van der Waals surface area contributed by atoms with Gasteiger partial charge in [-0.1, -0.05) is 12.1 Å². The third-order valence-corrected chi connectivity index (χ3v) is 2.78. The molecule has 2 rings (SSSR count). The van der Waals surface area contributed by atoms with Crippen molar-refractivity contribution in [2.75, 3.05) is 0 Å². The van der Waals surface area contributed by atoms with E-state index in [9.17, 15) is 9.59 Å². The molecule has 2 aromatic rings. The van der Waals surface area contributed by atoms with Crippen LogP contribution in [0.5, 0.6) is 0 Å². The minimum Gasteiger partial charge on any atom is -0.478 e. The van der Waals surface area contributed by atoms with Crippen molar-refractivity contribution >= 4 is 18.0 Å². The number of benzene rings is 1. The second-order valence-electron chi connectivity index (χ2n) is 4.34. The number of nitrogens with one attached hydrogen (secondary N) is 1. The molecule has 0 bridgehead atoms. The standard InChI is InChI=1S/C14H14N4O3/c1-18-9-16-17-12(18)8-15-14(21)11-4-2-3-10(7-11)5-6-13(19)20/h2-7,9H,8H2,1H3,(H,15,21)(H,19,20). The van der Waals surface area contributed by atoms with Crippen LogP contribution in [0.3, 0.4) is 0 Å². The SMILES string of the molecule is Cn1cnnc1CNC(=O)c1cccc(C=CC(=O)O)c1. The first-order valence-corrected chi connectivity index (χ1v) is 6.18. The van der Waals surface area contributed by atoms with Gasteiger partial charge in [0.1, 0.15) is 6.33 Å². The molecule has 0 aliphatic rings. The maximum absolute atomic E-state index is 12.0. The zero-order chi connectivity index (χ0) is 15.2. The molecular formula is C14H14N4O3. The van der Waals surface area contributed by atoms with Gasteiger partial charge in [-0.3, -0.25) is 4.79 Å². The molecule has 7 nitrogen and oxygen atoms in total. The number of aromatic nitrogens is 3. The van der Waals surface area contributed by atoms with Gasteiger partial charge in [-0.25, -0.2) is 4.79 Å². The van der Waals surface area contributed by atoms with Gasteiger partial charge in [0.15, 0.2) is 5.82 Å². The molecule has 1 heterocycles. The highest BCUT2D eigenvalue weighted by Gasteiger charge is 2.07. The molecule has 21 heavy (non-hydrogen) atoms. The molecule has 1 amide bonds. The van der Waals surface area contributed by atoms with Crippen LogP contribution in [0, 0.1) is 0 Å². The van der Waals surface area contributed by atoms with Crippen molar-refractivity contribution in [1.82, 2.24) is 20.1 Å². The van der Waals surface area contributed by atoms with Gasteiger partial charge in [0, 0.05) is 18.7 Å². The Bertz CT molecular complexity index is 691. The number of hydrogen-bond donors (Lipinski definition) is 2. The average molecular weight is 286 g/mol. The summed E-state index contributed by atoms with van der Waals surface area (Å²) in [5, 5.41) is 18.9. The first-order chi connectivity index (χ1) is 10.1. The average Bonchev–Trinajstić information content (AvgIpc) is 2.88. The summed E-state index contributed by atoms with van der Waals surface area (Å²) in [7, 11) is 1.79. The topological polar surface area (TPSA) is 97.1 Å². The van der Waals surface area contributed by atoms with Crippen LogP contribution < -0.4 is 5.32 Å². The highest BCUT2D eigenvalue weighted by atomic mass is 16.4. The zero-order valence-corrected chi connectivity index (χ0v) is 11.4. The Kier molecular flexibility index (Phi) is 4.45. The fourth-order valence-electron chi connectivity index (χ4n) is 1.68. The van der Waals surface area contributed by atoms with Gasteiger partial charge < -0.3 is 15.0 Å². The fraction of sp³-hybridized carbons (Fsp3) is 0.143. The number of carboxylic acid groups (broad SMARTS) is 1. The van der Waals surface area contributed by atoms with E-state index in [1.165, 1.54) is 6.08 Å². The Morgan fingerprint density at radius 2 is 2.24 bits per heavy atom. The predicted molar refractivity (Wildman–Crippen MR) is 75.3 cm³/mol. The Labute approximate surface area is 120 Å². The van der Waals surface area contributed by atoms with E-state index in [1.54, 1.807) is 42.2 Å². The second-order valence-corrected chi connectivity index (χ2v) is 4.34.